The molecule has 1 amide bonds. The molecule has 14 N–H and O–H groups in total. The van der Waals surface area contributed by atoms with Crippen molar-refractivity contribution >= 4 is 11.9 Å². The van der Waals surface area contributed by atoms with E-state index in [4.69, 9.17) is 24.7 Å². The van der Waals surface area contributed by atoms with Crippen LogP contribution in [0.15, 0.2) is 97.6 Å². The Balaban J connectivity index is 1.60. The van der Waals surface area contributed by atoms with Gasteiger partial charge in [0.25, 0.3) is 0 Å². The molecule has 21 nitrogen and oxygen atoms in total. The monoisotopic (exact) mass is 1030 g/mol. The molecule has 21 heteroatoms. The fraction of sp³-hybridized carbons (Fsp3) is 0.635. The van der Waals surface area contributed by atoms with Crippen LogP contribution in [0, 0.1) is 17.8 Å². The van der Waals surface area contributed by atoms with Crippen LogP contribution in [0.5, 0.6) is 0 Å². The quantitative estimate of drug-likeness (QED) is 0.162. The van der Waals surface area contributed by atoms with E-state index in [9.17, 15) is 65.8 Å². The van der Waals surface area contributed by atoms with Crippen LogP contribution >= 0.6 is 0 Å². The Morgan fingerprint density at radius 2 is 1.38 bits per heavy atom. The summed E-state index contributed by atoms with van der Waals surface area (Å²) in [7, 11) is 1.80. The lowest BCUT2D eigenvalue weighted by Crippen LogP contribution is -2.62. The van der Waals surface area contributed by atoms with Gasteiger partial charge in [0.15, 0.2) is 18.4 Å². The van der Waals surface area contributed by atoms with Crippen LogP contribution in [-0.2, 0) is 42.0 Å². The van der Waals surface area contributed by atoms with E-state index in [2.05, 4.69) is 10.3 Å². The highest BCUT2D eigenvalue weighted by molar-refractivity contribution is 5.80. The molecule has 0 saturated carbocycles. The maximum absolute atomic E-state index is 13.9. The van der Waals surface area contributed by atoms with Crippen LogP contribution in [0.4, 0.5) is 0 Å². The number of nitrogens with one attached hydrogen (secondary N) is 1. The van der Waals surface area contributed by atoms with Crippen molar-refractivity contribution in [1.82, 2.24) is 14.9 Å². The molecule has 0 spiro atoms. The topological polar surface area (TPSA) is 349 Å². The SMILES string of the molecule is CC1/C=C/C=C/C=C/C=C/C=C/C=C/C=C/[C@H](OC2O[C@H](O)[C@@H](O)[C@H](N)[C@@H]2O)C[C@@H]2O[C@](O)(C[C@@H](O)C[C@@H](O)[C@H](O)CC[C@@H](O)C[C@@H](O)CC(=O)O[C@@H](C)[C@H](C)[C@@H]1O)C[C@H](O)[C@H]2C(=O)NCCc1cn(C)cn1. The number of nitrogens with two attached hydrogens (primary N) is 1. The maximum atomic E-state index is 13.9. The summed E-state index contributed by atoms with van der Waals surface area (Å²) in [6, 6.07) is -1.39. The minimum absolute atomic E-state index is 0.112. The van der Waals surface area contributed by atoms with Crippen LogP contribution in [-0.4, -0.2) is 182 Å². The third-order valence-corrected chi connectivity index (χ3v) is 13.2. The zero-order valence-corrected chi connectivity index (χ0v) is 42.0. The first-order valence-electron chi connectivity index (χ1n) is 25.0. The van der Waals surface area contributed by atoms with Gasteiger partial charge in [0.2, 0.25) is 5.91 Å². The zero-order chi connectivity index (χ0) is 53.8. The number of esters is 1. The number of amides is 1. The number of aryl methyl sites for hydroxylation is 1. The molecule has 0 aliphatic carbocycles. The van der Waals surface area contributed by atoms with E-state index in [1.165, 1.54) is 6.08 Å². The maximum Gasteiger partial charge on any atom is 0.308 e. The van der Waals surface area contributed by atoms with E-state index in [0.717, 1.165) is 0 Å². The van der Waals surface area contributed by atoms with E-state index in [1.54, 1.807) is 105 Å². The zero-order valence-electron chi connectivity index (χ0n) is 42.0. The van der Waals surface area contributed by atoms with Crippen molar-refractivity contribution in [3.05, 3.63) is 103 Å². The lowest BCUT2D eigenvalue weighted by molar-refractivity contribution is -0.331. The molecule has 3 aliphatic heterocycles. The summed E-state index contributed by atoms with van der Waals surface area (Å²) < 4.78 is 24.9. The number of hydrogen-bond acceptors (Lipinski definition) is 19. The van der Waals surface area contributed by atoms with E-state index in [1.807, 2.05) is 19.1 Å². The first-order chi connectivity index (χ1) is 34.6. The van der Waals surface area contributed by atoms with Crippen LogP contribution in [0.25, 0.3) is 0 Å². The number of aromatic nitrogens is 2. The number of rotatable bonds is 6. The van der Waals surface area contributed by atoms with Gasteiger partial charge in [-0.05, 0) is 26.2 Å². The van der Waals surface area contributed by atoms with Crippen molar-refractivity contribution < 1.29 is 84.7 Å². The molecule has 1 aromatic heterocycles. The predicted octanol–water partition coefficient (Wildman–Crippen LogP) is -0.351. The van der Waals surface area contributed by atoms with Gasteiger partial charge >= 0.3 is 5.97 Å². The summed E-state index contributed by atoms with van der Waals surface area (Å²) in [5.74, 6) is -5.81. The number of carbonyl (C=O) groups excluding carboxylic acids is 2. The highest BCUT2D eigenvalue weighted by Gasteiger charge is 2.51. The summed E-state index contributed by atoms with van der Waals surface area (Å²) in [4.78, 5) is 30.9. The van der Waals surface area contributed by atoms with Gasteiger partial charge in [0, 0.05) is 63.7 Å². The molecule has 2 fully saturated rings. The molecule has 1 aromatic rings. The molecule has 2 bridgehead atoms. The van der Waals surface area contributed by atoms with Gasteiger partial charge in [-0.25, -0.2) is 4.98 Å². The summed E-state index contributed by atoms with van der Waals surface area (Å²) in [6.45, 7) is 5.33. The van der Waals surface area contributed by atoms with Crippen molar-refractivity contribution in [1.29, 1.82) is 0 Å². The number of hydrogen-bond donors (Lipinski definition) is 13. The van der Waals surface area contributed by atoms with Crippen LogP contribution in [0.2, 0.25) is 0 Å². The minimum Gasteiger partial charge on any atom is -0.462 e. The van der Waals surface area contributed by atoms with Crippen molar-refractivity contribution in [3.8, 4) is 0 Å². The molecule has 19 atom stereocenters. The standard InChI is InChI=1S/C52H80N4O17/c1-31-17-15-13-11-9-7-5-6-8-10-12-14-16-18-38(71-51-48(66)45(53)47(65)50(68)72-51)26-42-44(49(67)54-22-21-34-29-56(4)30-55-34)41(62)28-52(69,73-42)27-37(59)24-40(61)39(60)20-19-35(57)23-36(58)25-43(63)70-33(3)32(2)46(31)64/h5-18,29-33,35-42,44-48,50-51,57-62,64-66,68-69H,19-28,53H2,1-4H3,(H,54,67)/b6-5+,9-7+,10-8+,13-11+,14-12+,17-15+,18-16+/t31?,32-,33-,35+,36+,37-,38-,39+,40+,41-,42-,44+,45-,46+,47-,48-,50-,51?,52+/m0/s1. The van der Waals surface area contributed by atoms with Gasteiger partial charge in [-0.15, -0.1) is 0 Å². The second-order valence-electron chi connectivity index (χ2n) is 19.5. The molecule has 0 aromatic carbocycles. The molecular formula is C52H80N4O17. The normalized spacial score (nSPS) is 41.8. The highest BCUT2D eigenvalue weighted by atomic mass is 16.7. The first-order valence-corrected chi connectivity index (χ1v) is 25.0. The number of aliphatic hydroxyl groups is 11. The van der Waals surface area contributed by atoms with Crippen molar-refractivity contribution in [2.24, 2.45) is 30.5 Å². The van der Waals surface area contributed by atoms with Gasteiger partial charge < -0.3 is 90.7 Å². The third kappa shape index (κ3) is 20.4. The Morgan fingerprint density at radius 3 is 2.00 bits per heavy atom. The summed E-state index contributed by atoms with van der Waals surface area (Å²) in [5, 5.41) is 123. The second kappa shape index (κ2) is 30.3. The van der Waals surface area contributed by atoms with E-state index < -0.39 is 147 Å². The summed E-state index contributed by atoms with van der Waals surface area (Å²) >= 11 is 0. The Kier molecular flexibility index (Phi) is 25.5. The number of imidazole rings is 1. The third-order valence-electron chi connectivity index (χ3n) is 13.2. The predicted molar refractivity (Wildman–Crippen MR) is 266 cm³/mol. The van der Waals surface area contributed by atoms with Crippen LogP contribution < -0.4 is 11.1 Å². The molecule has 4 rings (SSSR count). The lowest BCUT2D eigenvalue weighted by Gasteiger charge is -2.46. The van der Waals surface area contributed by atoms with E-state index in [-0.39, 0.29) is 38.1 Å². The molecular weight excluding hydrogens is 953 g/mol. The van der Waals surface area contributed by atoms with Crippen LogP contribution in [0.1, 0.15) is 77.8 Å². The number of nitrogens with zero attached hydrogens (tertiary/aromatic N) is 2. The molecule has 3 aliphatic rings. The van der Waals surface area contributed by atoms with Crippen LogP contribution in [0.3, 0.4) is 0 Å². The highest BCUT2D eigenvalue weighted by Crippen LogP contribution is 2.38. The number of cyclic esters (lactones) is 1. The smallest absolute Gasteiger partial charge is 0.308 e. The minimum atomic E-state index is -2.32. The average Bonchev–Trinajstić information content (AvgIpc) is 3.74. The summed E-state index contributed by atoms with van der Waals surface area (Å²) in [5.41, 5.74) is 6.66. The summed E-state index contributed by atoms with van der Waals surface area (Å²) in [6.07, 6.45) is 5.51. The molecule has 0 radical (unpaired) electrons. The van der Waals surface area contributed by atoms with E-state index in [0.29, 0.717) is 12.1 Å². The molecule has 2 unspecified atom stereocenters. The molecule has 73 heavy (non-hydrogen) atoms. The Labute approximate surface area is 427 Å². The largest absolute Gasteiger partial charge is 0.462 e. The van der Waals surface area contributed by atoms with Crippen molar-refractivity contribution in [2.75, 3.05) is 6.54 Å². The Morgan fingerprint density at radius 1 is 0.767 bits per heavy atom. The average molecular weight is 1030 g/mol. The number of fused-ring (bicyclic) bond motifs is 2. The van der Waals surface area contributed by atoms with Crippen molar-refractivity contribution in [2.45, 2.75) is 176 Å². The molecule has 410 valence electrons. The van der Waals surface area contributed by atoms with Crippen molar-refractivity contribution in [3.63, 3.8) is 0 Å². The first kappa shape index (κ1) is 61.3. The Bertz CT molecular complexity index is 2040. The van der Waals surface area contributed by atoms with Gasteiger partial charge in [-0.1, -0.05) is 98.9 Å². The molecule has 4 heterocycles. The van der Waals surface area contributed by atoms with Gasteiger partial charge in [0.05, 0.1) is 85.3 Å². The lowest BCUT2D eigenvalue weighted by atomic mass is 9.82. The van der Waals surface area contributed by atoms with Gasteiger partial charge in [-0.2, -0.15) is 0 Å². The molecule has 2 saturated heterocycles. The Hall–Kier alpha value is -4.27. The van der Waals surface area contributed by atoms with E-state index >= 15 is 0 Å². The fourth-order valence-electron chi connectivity index (χ4n) is 8.82. The second-order valence-corrected chi connectivity index (χ2v) is 19.5. The van der Waals surface area contributed by atoms with Gasteiger partial charge in [0.1, 0.15) is 18.3 Å². The number of ether oxygens (including phenoxy) is 4. The number of carbonyl (C=O) groups is 2. The number of allylic oxidation sites excluding steroid dienone is 12. The number of aliphatic hydroxyl groups excluding tert-OH is 10. The van der Waals surface area contributed by atoms with Gasteiger partial charge in [-0.3, -0.25) is 9.59 Å². The fourth-order valence-corrected chi connectivity index (χ4v) is 8.82.